The van der Waals surface area contributed by atoms with Gasteiger partial charge in [-0.25, -0.2) is 4.39 Å². The Hall–Kier alpha value is -1.20. The number of hydrogen-bond donors (Lipinski definition) is 0. The van der Waals surface area contributed by atoms with Crippen molar-refractivity contribution in [3.8, 4) is 5.75 Å². The molecule has 0 heterocycles. The van der Waals surface area contributed by atoms with Crippen LogP contribution in [0.2, 0.25) is 0 Å². The van der Waals surface area contributed by atoms with E-state index in [0.717, 1.165) is 31.4 Å². The molecule has 0 saturated heterocycles. The lowest BCUT2D eigenvalue weighted by Crippen LogP contribution is -2.36. The summed E-state index contributed by atoms with van der Waals surface area (Å²) >= 11 is 0. The van der Waals surface area contributed by atoms with Crippen molar-refractivity contribution in [1.82, 2.24) is 0 Å². The molecule has 0 N–H and O–H groups in total. The summed E-state index contributed by atoms with van der Waals surface area (Å²) < 4.78 is 55.5. The van der Waals surface area contributed by atoms with Gasteiger partial charge in [-0.05, 0) is 24.8 Å². The first-order valence-corrected chi connectivity index (χ1v) is 5.59. The Morgan fingerprint density at radius 3 is 2.41 bits per heavy atom. The van der Waals surface area contributed by atoms with E-state index in [1.165, 1.54) is 6.07 Å². The van der Waals surface area contributed by atoms with Crippen LogP contribution in [0.4, 0.5) is 17.3 Å². The van der Waals surface area contributed by atoms with Gasteiger partial charge in [0.2, 0.25) is 0 Å². The van der Waals surface area contributed by atoms with Crippen molar-refractivity contribution in [3.63, 3.8) is 0 Å². The standard InChI is InChI=1S/C11H12BF4O/c13-11-6-9(17-7-8-2-1-3-8)4-5-10(11)12(14,15)16/h4-6,8H,1-3,7H2/q-1. The van der Waals surface area contributed by atoms with E-state index in [1.807, 2.05) is 0 Å². The predicted octanol–water partition coefficient (Wildman–Crippen LogP) is 3.06. The van der Waals surface area contributed by atoms with Crippen LogP contribution in [-0.2, 0) is 0 Å². The van der Waals surface area contributed by atoms with Gasteiger partial charge in [0.05, 0.1) is 12.4 Å². The lowest BCUT2D eigenvalue weighted by molar-refractivity contribution is 0.180. The molecule has 0 atom stereocenters. The molecule has 1 nitrogen and oxygen atoms in total. The monoisotopic (exact) mass is 247 g/mol. The lowest BCUT2D eigenvalue weighted by Gasteiger charge is -2.25. The fraction of sp³-hybridized carbons (Fsp3) is 0.455. The molecule has 1 aromatic rings. The summed E-state index contributed by atoms with van der Waals surface area (Å²) in [4.78, 5) is 0. The highest BCUT2D eigenvalue weighted by atomic mass is 19.4. The second-order valence-electron chi connectivity index (χ2n) is 4.37. The SMILES string of the molecule is Fc1cc(OCC2CCC2)ccc1[B-](F)(F)F. The third kappa shape index (κ3) is 2.93. The Bertz CT molecular complexity index is 401. The third-order valence-corrected chi connectivity index (χ3v) is 3.04. The Kier molecular flexibility index (Phi) is 3.31. The molecule has 0 amide bonds. The van der Waals surface area contributed by atoms with E-state index in [9.17, 15) is 17.3 Å². The predicted molar refractivity (Wildman–Crippen MR) is 57.9 cm³/mol. The zero-order valence-corrected chi connectivity index (χ0v) is 9.14. The number of ether oxygens (including phenoxy) is 1. The van der Waals surface area contributed by atoms with Gasteiger partial charge in [-0.2, -0.15) is 0 Å². The molecule has 1 aromatic carbocycles. The summed E-state index contributed by atoms with van der Waals surface area (Å²) in [6.07, 6.45) is 3.32. The van der Waals surface area contributed by atoms with Crippen LogP contribution < -0.4 is 10.2 Å². The molecule has 0 radical (unpaired) electrons. The van der Waals surface area contributed by atoms with E-state index in [0.29, 0.717) is 12.5 Å². The first-order chi connectivity index (χ1) is 7.97. The summed E-state index contributed by atoms with van der Waals surface area (Å²) in [6.45, 7) is -4.84. The molecule has 0 aromatic heterocycles. The van der Waals surface area contributed by atoms with Gasteiger partial charge >= 0.3 is 6.98 Å². The fourth-order valence-corrected chi connectivity index (χ4v) is 1.74. The molecule has 94 valence electrons. The molecule has 1 saturated carbocycles. The molecule has 1 fully saturated rings. The maximum atomic E-state index is 13.2. The normalized spacial score (nSPS) is 16.7. The van der Waals surface area contributed by atoms with Crippen molar-refractivity contribution >= 4 is 12.4 Å². The Balaban J connectivity index is 2.02. The smallest absolute Gasteiger partial charge is 0.493 e. The summed E-state index contributed by atoms with van der Waals surface area (Å²) in [5.41, 5.74) is -1.19. The lowest BCUT2D eigenvalue weighted by atomic mass is 9.80. The minimum absolute atomic E-state index is 0.165. The first-order valence-electron chi connectivity index (χ1n) is 5.59. The van der Waals surface area contributed by atoms with Crippen LogP contribution >= 0.6 is 0 Å². The van der Waals surface area contributed by atoms with Crippen LogP contribution in [0, 0.1) is 11.7 Å². The van der Waals surface area contributed by atoms with Crippen molar-refractivity contribution in [2.24, 2.45) is 5.92 Å². The van der Waals surface area contributed by atoms with Gasteiger partial charge < -0.3 is 17.7 Å². The summed E-state index contributed by atoms with van der Waals surface area (Å²) in [5.74, 6) is -0.633. The van der Waals surface area contributed by atoms with Gasteiger partial charge in [0.15, 0.2) is 0 Å². The fourth-order valence-electron chi connectivity index (χ4n) is 1.74. The van der Waals surface area contributed by atoms with Crippen molar-refractivity contribution in [1.29, 1.82) is 0 Å². The van der Waals surface area contributed by atoms with E-state index in [4.69, 9.17) is 4.74 Å². The zero-order valence-electron chi connectivity index (χ0n) is 9.14. The summed E-state index contributed by atoms with van der Waals surface area (Å²) in [6, 6.07) is 2.72. The molecule has 0 aliphatic heterocycles. The van der Waals surface area contributed by atoms with Crippen molar-refractivity contribution in [2.75, 3.05) is 6.61 Å². The van der Waals surface area contributed by atoms with Crippen LogP contribution in [0.3, 0.4) is 0 Å². The number of halogens is 4. The van der Waals surface area contributed by atoms with E-state index in [-0.39, 0.29) is 5.75 Å². The summed E-state index contributed by atoms with van der Waals surface area (Å²) in [7, 11) is 0. The van der Waals surface area contributed by atoms with Crippen LogP contribution in [0.25, 0.3) is 0 Å². The van der Waals surface area contributed by atoms with E-state index in [1.54, 1.807) is 0 Å². The molecule has 0 bridgehead atoms. The highest BCUT2D eigenvalue weighted by Crippen LogP contribution is 2.27. The van der Waals surface area contributed by atoms with Gasteiger partial charge in [-0.3, -0.25) is 0 Å². The van der Waals surface area contributed by atoms with E-state index >= 15 is 0 Å². The second kappa shape index (κ2) is 4.59. The van der Waals surface area contributed by atoms with Crippen LogP contribution in [0.5, 0.6) is 5.75 Å². The molecule has 0 spiro atoms. The molecular formula is C11H12BF4O-. The third-order valence-electron chi connectivity index (χ3n) is 3.04. The number of rotatable bonds is 4. The average Bonchev–Trinajstić information content (AvgIpc) is 2.13. The highest BCUT2D eigenvalue weighted by molar-refractivity contribution is 6.73. The van der Waals surface area contributed by atoms with E-state index in [2.05, 4.69) is 0 Å². The van der Waals surface area contributed by atoms with Gasteiger partial charge in [0.25, 0.3) is 0 Å². The molecule has 1 aliphatic rings. The van der Waals surface area contributed by atoms with Crippen LogP contribution in [0.1, 0.15) is 19.3 Å². The topological polar surface area (TPSA) is 9.23 Å². The maximum absolute atomic E-state index is 13.2. The molecule has 17 heavy (non-hydrogen) atoms. The summed E-state index contributed by atoms with van der Waals surface area (Å²) in [5, 5.41) is 0. The molecule has 2 rings (SSSR count). The minimum atomic E-state index is -5.29. The quantitative estimate of drug-likeness (QED) is 0.586. The second-order valence-corrected chi connectivity index (χ2v) is 4.37. The zero-order chi connectivity index (χ0) is 12.5. The van der Waals surface area contributed by atoms with Crippen molar-refractivity contribution < 1.29 is 22.1 Å². The van der Waals surface area contributed by atoms with Gasteiger partial charge in [0.1, 0.15) is 5.75 Å². The number of benzene rings is 1. The highest BCUT2D eigenvalue weighted by Gasteiger charge is 2.29. The van der Waals surface area contributed by atoms with Crippen molar-refractivity contribution in [2.45, 2.75) is 19.3 Å². The minimum Gasteiger partial charge on any atom is -0.493 e. The first kappa shape index (κ1) is 12.3. The average molecular weight is 247 g/mol. The largest absolute Gasteiger partial charge is 0.512 e. The Labute approximate surface area is 96.8 Å². The molecule has 0 unspecified atom stereocenters. The molecule has 6 heteroatoms. The van der Waals surface area contributed by atoms with Gasteiger partial charge in [0, 0.05) is 6.07 Å². The Morgan fingerprint density at radius 2 is 1.94 bits per heavy atom. The van der Waals surface area contributed by atoms with Crippen LogP contribution in [-0.4, -0.2) is 13.6 Å². The maximum Gasteiger partial charge on any atom is 0.512 e. The van der Waals surface area contributed by atoms with E-state index < -0.39 is 18.3 Å². The van der Waals surface area contributed by atoms with Gasteiger partial charge in [-0.1, -0.05) is 17.9 Å². The van der Waals surface area contributed by atoms with Gasteiger partial charge in [-0.15, -0.1) is 0 Å². The molecule has 1 aliphatic carbocycles. The number of hydrogen-bond acceptors (Lipinski definition) is 1. The Morgan fingerprint density at radius 1 is 1.24 bits per heavy atom. The molecular weight excluding hydrogens is 235 g/mol. The van der Waals surface area contributed by atoms with Crippen LogP contribution in [0.15, 0.2) is 18.2 Å². The van der Waals surface area contributed by atoms with Crippen molar-refractivity contribution in [3.05, 3.63) is 24.0 Å².